The van der Waals surface area contributed by atoms with Crippen molar-refractivity contribution in [3.05, 3.63) is 193 Å². The summed E-state index contributed by atoms with van der Waals surface area (Å²) in [4.78, 5) is 95.7. The Morgan fingerprint density at radius 1 is 0.526 bits per heavy atom. The van der Waals surface area contributed by atoms with Crippen LogP contribution in [0.15, 0.2) is 182 Å². The summed E-state index contributed by atoms with van der Waals surface area (Å²) in [5.74, 6) is -2.35. The van der Waals surface area contributed by atoms with Gasteiger partial charge in [-0.25, -0.2) is 9.97 Å². The van der Waals surface area contributed by atoms with Gasteiger partial charge in [-0.1, -0.05) is 206 Å². The topological polar surface area (TPSA) is 213 Å². The molecule has 2 N–H and O–H groups in total. The number of esters is 1. The normalized spacial score (nSPS) is 26.6. The average Bonchev–Trinajstić information content (AvgIpc) is 1.59. The van der Waals surface area contributed by atoms with Crippen LogP contribution in [0.3, 0.4) is 0 Å². The molecular formula is C79H83N4NaO11S2. The van der Waals surface area contributed by atoms with Crippen molar-refractivity contribution < 1.29 is 83.1 Å². The summed E-state index contributed by atoms with van der Waals surface area (Å²) >= 11 is 2.92. The molecule has 8 aromatic rings. The number of aromatic nitrogens is 2. The number of amides is 2. The van der Waals surface area contributed by atoms with E-state index in [2.05, 4.69) is 101 Å². The number of fused-ring (bicyclic) bond motifs is 6. The van der Waals surface area contributed by atoms with Crippen molar-refractivity contribution in [2.75, 3.05) is 20.2 Å². The van der Waals surface area contributed by atoms with Crippen LogP contribution in [0.5, 0.6) is 10.4 Å². The summed E-state index contributed by atoms with van der Waals surface area (Å²) in [5.41, 5.74) is 6.52. The van der Waals surface area contributed by atoms with E-state index in [4.69, 9.17) is 14.2 Å². The van der Waals surface area contributed by atoms with Crippen molar-refractivity contribution in [3.63, 3.8) is 0 Å². The number of carboxylic acids is 1. The van der Waals surface area contributed by atoms with E-state index in [0.717, 1.165) is 118 Å². The van der Waals surface area contributed by atoms with Crippen LogP contribution >= 0.6 is 22.7 Å². The second-order valence-corrected chi connectivity index (χ2v) is 28.9. The van der Waals surface area contributed by atoms with Crippen LogP contribution in [0.1, 0.15) is 114 Å². The van der Waals surface area contributed by atoms with Crippen molar-refractivity contribution >= 4 is 78.4 Å². The summed E-state index contributed by atoms with van der Waals surface area (Å²) < 4.78 is 20.0. The van der Waals surface area contributed by atoms with E-state index in [9.17, 15) is 33.9 Å². The molecule has 6 aliphatic rings. The minimum Gasteiger partial charge on any atom is -0.870 e. The third kappa shape index (κ3) is 16.4. The molecule has 2 aliphatic carbocycles. The summed E-state index contributed by atoms with van der Waals surface area (Å²) in [5, 5.41) is 11.3. The summed E-state index contributed by atoms with van der Waals surface area (Å²) in [6.45, 7) is 0.585. The van der Waals surface area contributed by atoms with Crippen molar-refractivity contribution in [2.45, 2.75) is 140 Å². The average molecular weight is 1350 g/mol. The fourth-order valence-electron chi connectivity index (χ4n) is 15.0. The predicted octanol–water partition coefficient (Wildman–Crippen LogP) is 12.4. The second kappa shape index (κ2) is 31.9. The molecule has 15 nitrogen and oxygen atoms in total. The largest absolute Gasteiger partial charge is 1.00 e. The van der Waals surface area contributed by atoms with Crippen molar-refractivity contribution in [1.29, 1.82) is 0 Å². The zero-order chi connectivity index (χ0) is 65.5. The minimum absolute atomic E-state index is 0. The first kappa shape index (κ1) is 70.7. The van der Waals surface area contributed by atoms with E-state index < -0.39 is 35.0 Å². The number of benzene rings is 6. The fraction of sp³-hybridized carbons (Fsp3) is 0.392. The molecule has 97 heavy (non-hydrogen) atoms. The maximum Gasteiger partial charge on any atom is 1.00 e. The zero-order valence-corrected chi connectivity index (χ0v) is 58.9. The molecule has 0 spiro atoms. The molecule has 6 heterocycles. The number of rotatable bonds is 12. The first-order valence-corrected chi connectivity index (χ1v) is 35.6. The van der Waals surface area contributed by atoms with E-state index in [-0.39, 0.29) is 114 Å². The number of aliphatic carboxylic acids is 1. The second-order valence-electron chi connectivity index (χ2n) is 26.9. The van der Waals surface area contributed by atoms with Gasteiger partial charge in [-0.05, 0) is 134 Å². The Morgan fingerprint density at radius 3 is 1.36 bits per heavy atom. The van der Waals surface area contributed by atoms with Gasteiger partial charge in [0.1, 0.15) is 12.2 Å². The number of carbonyl (C=O) groups excluding carboxylic acids is 5. The molecule has 2 saturated heterocycles. The maximum atomic E-state index is 14.6. The first-order valence-electron chi connectivity index (χ1n) is 34.0. The summed E-state index contributed by atoms with van der Waals surface area (Å²) in [7, 11) is 1.39. The van der Waals surface area contributed by atoms with E-state index >= 15 is 0 Å². The Labute approximate surface area is 597 Å². The van der Waals surface area contributed by atoms with Gasteiger partial charge >= 0.3 is 41.5 Å². The number of methoxy groups -OCH3 is 1. The molecule has 18 heteroatoms. The Kier molecular flexibility index (Phi) is 23.3. The number of thiazole rings is 2. The Bertz CT molecular complexity index is 4060. The van der Waals surface area contributed by atoms with Crippen LogP contribution in [-0.4, -0.2) is 110 Å². The molecule has 4 fully saturated rings. The number of Topliss-reactive ketones (excluding diaryl/α,β-unsaturated/α-hetero) is 2. The van der Waals surface area contributed by atoms with Crippen molar-refractivity contribution in [2.24, 2.45) is 34.5 Å². The number of carbonyl (C=O) groups is 6. The van der Waals surface area contributed by atoms with Crippen LogP contribution < -0.4 is 39.0 Å². The number of ether oxygens (including phenoxy) is 3. The number of hydrogen-bond acceptors (Lipinski definition) is 14. The molecule has 0 bridgehead atoms. The van der Waals surface area contributed by atoms with Gasteiger partial charge in [0, 0.05) is 37.5 Å². The summed E-state index contributed by atoms with van der Waals surface area (Å²) in [6.07, 6.45) is 19.6. The number of ketones is 2. The maximum absolute atomic E-state index is 14.6. The van der Waals surface area contributed by atoms with E-state index in [1.165, 1.54) is 29.8 Å². The van der Waals surface area contributed by atoms with E-state index in [0.29, 0.717) is 55.5 Å². The zero-order valence-electron chi connectivity index (χ0n) is 55.3. The molecule has 4 aliphatic heterocycles. The standard InChI is InChI=1S/C40H42N2O5S.C39H40N2O5S.Na.H2O/c1-46-38(45)40-24-31(40)15-9-4-2-3-6-14-30(22-27-18-20-29(21-19-27)28-12-7-5-8-13-28)37(44)42-26-32(23-34(42)35(43)25-40)47-39-41-33-16-10-11-17-36(33)48-39;42-34-24-39(37(44)45)23-30(39)14-8-3-1-2-5-13-29(21-26-17-19-28(20-18-26)27-11-6-4-7-12-27)36(43)41-25-31(22-33(34)41)46-38-40-32-15-9-10-16-35(32)47-38;;/h5,7-13,15-21,30-32,34H,2-4,6,14,22-26H2,1H3;4,6-12,14-20,29-31,33H,1-3,5,13,21-25H2,(H,44,45);;1H2/q;;+1;/p-1/b15-9-;14-8-;;/t30-,31-,32-,34+,40-;29-,30-,31-,33+,39-;;/m11../s1. The Hall–Kier alpha value is -7.64. The van der Waals surface area contributed by atoms with Gasteiger partial charge in [0.2, 0.25) is 11.8 Å². The molecule has 14 rings (SSSR count). The number of nitrogens with zero attached hydrogens (tertiary/aromatic N) is 4. The Morgan fingerprint density at radius 2 is 0.928 bits per heavy atom. The third-order valence-electron chi connectivity index (χ3n) is 20.6. The van der Waals surface area contributed by atoms with Crippen LogP contribution in [0.2, 0.25) is 0 Å². The number of hydrogen-bond donors (Lipinski definition) is 1. The van der Waals surface area contributed by atoms with Gasteiger partial charge in [-0.3, -0.25) is 28.8 Å². The Balaban J connectivity index is 0.000000193. The number of carboxylic acid groups (broad SMARTS) is 1. The van der Waals surface area contributed by atoms with Crippen LogP contribution in [0, 0.1) is 34.5 Å². The minimum atomic E-state index is -1.09. The monoisotopic (exact) mass is 1350 g/mol. The summed E-state index contributed by atoms with van der Waals surface area (Å²) in [6, 6.07) is 51.7. The van der Waals surface area contributed by atoms with Gasteiger partial charge in [0.15, 0.2) is 11.6 Å². The van der Waals surface area contributed by atoms with Crippen molar-refractivity contribution in [1.82, 2.24) is 19.8 Å². The molecule has 498 valence electrons. The molecule has 0 radical (unpaired) electrons. The smallest absolute Gasteiger partial charge is 0.870 e. The van der Waals surface area contributed by atoms with Crippen LogP contribution in [0.4, 0.5) is 0 Å². The number of allylic oxidation sites excluding steroid dienone is 4. The molecule has 10 atom stereocenters. The molecule has 0 unspecified atom stereocenters. The molecule has 2 aromatic heterocycles. The third-order valence-corrected chi connectivity index (χ3v) is 22.4. The van der Waals surface area contributed by atoms with Gasteiger partial charge in [0.05, 0.1) is 63.5 Å². The van der Waals surface area contributed by atoms with Gasteiger partial charge in [-0.2, -0.15) is 0 Å². The number of para-hydroxylation sites is 2. The SMILES string of the molecule is COC(=O)[C@]12CC(=O)[C@@H]3C[C@@H](Oc4nc5ccccc5s4)CN3C(=O)[C@@H](Cc3ccc(-c4ccccc4)cc3)CCCCC/C=C\[C@@H]1C2.O=C1C[C@]2(C(=O)O)C[C@H]2/C=C\CCCCC[C@H](Cc2ccc(-c3ccccc3)cc2)C(=O)N2C[C@H](Oc3nc4ccccc4s3)C[C@@H]12.[Na+].[OH-]. The quantitative estimate of drug-likeness (QED) is 0.0686. The van der Waals surface area contributed by atoms with Gasteiger partial charge < -0.3 is 34.6 Å². The van der Waals surface area contributed by atoms with Crippen LogP contribution in [-0.2, 0) is 46.3 Å². The van der Waals surface area contributed by atoms with E-state index in [1.54, 1.807) is 9.80 Å². The van der Waals surface area contributed by atoms with Crippen molar-refractivity contribution in [3.8, 4) is 32.6 Å². The fourth-order valence-corrected chi connectivity index (χ4v) is 16.8. The molecular weight excluding hydrogens is 1270 g/mol. The predicted molar refractivity (Wildman–Crippen MR) is 373 cm³/mol. The molecule has 2 amide bonds. The van der Waals surface area contributed by atoms with E-state index in [1.807, 2.05) is 91.0 Å². The first-order chi connectivity index (χ1) is 46.3. The molecule has 2 saturated carbocycles. The van der Waals surface area contributed by atoms with Gasteiger partial charge in [-0.15, -0.1) is 0 Å². The van der Waals surface area contributed by atoms with Crippen LogP contribution in [0.25, 0.3) is 42.7 Å². The molecule has 6 aromatic carbocycles. The van der Waals surface area contributed by atoms with Gasteiger partial charge in [0.25, 0.3) is 10.4 Å².